The molecule has 2 nitrogen and oxygen atoms in total. The van der Waals surface area contributed by atoms with E-state index < -0.39 is 0 Å². The highest BCUT2D eigenvalue weighted by atomic mass is 35.5. The van der Waals surface area contributed by atoms with Crippen molar-refractivity contribution >= 4 is 23.4 Å². The number of benzene rings is 1. The lowest BCUT2D eigenvalue weighted by Gasteiger charge is -2.18. The van der Waals surface area contributed by atoms with Gasteiger partial charge in [-0.3, -0.25) is 0 Å². The van der Waals surface area contributed by atoms with Crippen LogP contribution in [0, 0.1) is 0 Å². The van der Waals surface area contributed by atoms with Gasteiger partial charge < -0.3 is 4.42 Å². The lowest BCUT2D eigenvalue weighted by atomic mass is 10.2. The molecule has 0 aliphatic carbocycles. The first-order valence-electron chi connectivity index (χ1n) is 5.35. The molecule has 0 atom stereocenters. The van der Waals surface area contributed by atoms with Crippen LogP contribution in [0.25, 0.3) is 11.5 Å². The molecule has 0 saturated heterocycles. The summed E-state index contributed by atoms with van der Waals surface area (Å²) in [6.07, 6.45) is 3.17. The average Bonchev–Trinajstić information content (AvgIpc) is 2.72. The Morgan fingerprint density at radius 1 is 1.29 bits per heavy atom. The van der Waals surface area contributed by atoms with Gasteiger partial charge in [0.1, 0.15) is 6.26 Å². The molecule has 1 aromatic heterocycles. The Balaban J connectivity index is 2.41. The molecule has 4 heteroatoms. The van der Waals surface area contributed by atoms with Gasteiger partial charge >= 0.3 is 0 Å². The van der Waals surface area contributed by atoms with Gasteiger partial charge in [0.05, 0.1) is 16.8 Å². The summed E-state index contributed by atoms with van der Waals surface area (Å²) in [5, 5.41) is 0.704. The average molecular weight is 268 g/mol. The van der Waals surface area contributed by atoms with Crippen molar-refractivity contribution in [3.8, 4) is 11.5 Å². The number of aromatic nitrogens is 1. The summed E-state index contributed by atoms with van der Waals surface area (Å²) >= 11 is 8.12. The molecule has 2 aromatic rings. The standard InChI is InChI=1S/C13H14ClNOS/c1-13(2,3)17-10-6-4-5-9(11(10)14)12-15-7-8-16-12/h4-8H,1-3H3. The molecule has 0 spiro atoms. The van der Waals surface area contributed by atoms with E-state index in [1.165, 1.54) is 0 Å². The summed E-state index contributed by atoms with van der Waals surface area (Å²) in [4.78, 5) is 5.18. The first kappa shape index (κ1) is 12.5. The Morgan fingerprint density at radius 2 is 2.06 bits per heavy atom. The van der Waals surface area contributed by atoms with E-state index in [1.54, 1.807) is 24.2 Å². The number of rotatable bonds is 2. The second kappa shape index (κ2) is 4.75. The lowest BCUT2D eigenvalue weighted by Crippen LogP contribution is -2.06. The van der Waals surface area contributed by atoms with E-state index in [2.05, 4.69) is 25.8 Å². The SMILES string of the molecule is CC(C)(C)Sc1cccc(-c2ncco2)c1Cl. The molecule has 1 aromatic carbocycles. The van der Waals surface area contributed by atoms with Crippen molar-refractivity contribution in [1.29, 1.82) is 0 Å². The molecule has 0 aliphatic rings. The molecule has 2 rings (SSSR count). The Kier molecular flexibility index (Phi) is 3.50. The summed E-state index contributed by atoms with van der Waals surface area (Å²) in [5.41, 5.74) is 0.839. The van der Waals surface area contributed by atoms with Crippen LogP contribution in [0.1, 0.15) is 20.8 Å². The summed E-state index contributed by atoms with van der Waals surface area (Å²) in [6.45, 7) is 6.48. The van der Waals surface area contributed by atoms with Crippen molar-refractivity contribution in [2.75, 3.05) is 0 Å². The summed E-state index contributed by atoms with van der Waals surface area (Å²) in [7, 11) is 0. The summed E-state index contributed by atoms with van der Waals surface area (Å²) in [6, 6.07) is 5.91. The monoisotopic (exact) mass is 267 g/mol. The number of oxazole rings is 1. The molecule has 0 fully saturated rings. The van der Waals surface area contributed by atoms with Crippen molar-refractivity contribution in [3.63, 3.8) is 0 Å². The van der Waals surface area contributed by atoms with E-state index in [-0.39, 0.29) is 4.75 Å². The van der Waals surface area contributed by atoms with Crippen LogP contribution in [-0.4, -0.2) is 9.73 Å². The largest absolute Gasteiger partial charge is 0.444 e. The van der Waals surface area contributed by atoms with E-state index in [0.717, 1.165) is 10.5 Å². The molecule has 0 unspecified atom stereocenters. The van der Waals surface area contributed by atoms with Crippen LogP contribution >= 0.6 is 23.4 Å². The van der Waals surface area contributed by atoms with Crippen molar-refractivity contribution in [1.82, 2.24) is 4.98 Å². The molecule has 0 bridgehead atoms. The fourth-order valence-corrected chi connectivity index (χ4v) is 2.77. The first-order valence-corrected chi connectivity index (χ1v) is 6.54. The second-order valence-electron chi connectivity index (χ2n) is 4.67. The minimum absolute atomic E-state index is 0.124. The molecular formula is C13H14ClNOS. The normalized spacial score (nSPS) is 11.8. The topological polar surface area (TPSA) is 26.0 Å². The Bertz CT molecular complexity index is 503. The van der Waals surface area contributed by atoms with Crippen molar-refractivity contribution in [2.45, 2.75) is 30.4 Å². The zero-order valence-corrected chi connectivity index (χ0v) is 11.6. The molecule has 0 radical (unpaired) electrons. The van der Waals surface area contributed by atoms with Crippen molar-refractivity contribution in [3.05, 3.63) is 35.7 Å². The Morgan fingerprint density at radius 3 is 2.65 bits per heavy atom. The van der Waals surface area contributed by atoms with Crippen molar-refractivity contribution in [2.24, 2.45) is 0 Å². The third-order valence-corrected chi connectivity index (χ3v) is 3.73. The molecule has 90 valence electrons. The number of hydrogen-bond acceptors (Lipinski definition) is 3. The van der Waals surface area contributed by atoms with Crippen LogP contribution in [0.4, 0.5) is 0 Å². The maximum atomic E-state index is 6.39. The minimum Gasteiger partial charge on any atom is -0.444 e. The molecular weight excluding hydrogens is 254 g/mol. The van der Waals surface area contributed by atoms with Gasteiger partial charge in [-0.05, 0) is 12.1 Å². The number of hydrogen-bond donors (Lipinski definition) is 0. The molecule has 0 aliphatic heterocycles. The van der Waals surface area contributed by atoms with E-state index in [1.807, 2.05) is 18.2 Å². The maximum Gasteiger partial charge on any atom is 0.227 e. The minimum atomic E-state index is 0.124. The second-order valence-corrected chi connectivity index (χ2v) is 6.92. The zero-order valence-electron chi connectivity index (χ0n) is 10.0. The van der Waals surface area contributed by atoms with Gasteiger partial charge in [-0.25, -0.2) is 4.98 Å². The van der Waals surface area contributed by atoms with Gasteiger partial charge in [-0.15, -0.1) is 11.8 Å². The van der Waals surface area contributed by atoms with Crippen LogP contribution in [-0.2, 0) is 0 Å². The molecule has 0 saturated carbocycles. The Labute approximate surface area is 110 Å². The quantitative estimate of drug-likeness (QED) is 0.725. The Hall–Kier alpha value is -0.930. The van der Waals surface area contributed by atoms with Gasteiger partial charge in [-0.1, -0.05) is 38.4 Å². The highest BCUT2D eigenvalue weighted by Gasteiger charge is 2.17. The third kappa shape index (κ3) is 3.05. The van der Waals surface area contributed by atoms with Crippen molar-refractivity contribution < 1.29 is 4.42 Å². The van der Waals surface area contributed by atoms with Crippen LogP contribution in [0.5, 0.6) is 0 Å². The van der Waals surface area contributed by atoms with Gasteiger partial charge in [0.25, 0.3) is 0 Å². The molecule has 1 heterocycles. The predicted octanol–water partition coefficient (Wildman–Crippen LogP) is 4.89. The van der Waals surface area contributed by atoms with E-state index in [4.69, 9.17) is 16.0 Å². The van der Waals surface area contributed by atoms with Crippen LogP contribution < -0.4 is 0 Å². The van der Waals surface area contributed by atoms with Gasteiger partial charge in [0.15, 0.2) is 0 Å². The number of thioether (sulfide) groups is 1. The van der Waals surface area contributed by atoms with Crippen LogP contribution in [0.3, 0.4) is 0 Å². The highest BCUT2D eigenvalue weighted by Crippen LogP contribution is 2.40. The fourth-order valence-electron chi connectivity index (χ4n) is 1.44. The van der Waals surface area contributed by atoms with Crippen LogP contribution in [0.15, 0.2) is 40.0 Å². The van der Waals surface area contributed by atoms with E-state index in [9.17, 15) is 0 Å². The number of nitrogens with zero attached hydrogens (tertiary/aromatic N) is 1. The van der Waals surface area contributed by atoms with E-state index >= 15 is 0 Å². The summed E-state index contributed by atoms with van der Waals surface area (Å²) < 4.78 is 5.40. The summed E-state index contributed by atoms with van der Waals surface area (Å²) in [5.74, 6) is 0.561. The third-order valence-electron chi connectivity index (χ3n) is 2.04. The maximum absolute atomic E-state index is 6.39. The van der Waals surface area contributed by atoms with Crippen LogP contribution in [0.2, 0.25) is 5.02 Å². The first-order chi connectivity index (χ1) is 7.97. The highest BCUT2D eigenvalue weighted by molar-refractivity contribution is 8.00. The lowest BCUT2D eigenvalue weighted by molar-refractivity contribution is 0.574. The van der Waals surface area contributed by atoms with E-state index in [0.29, 0.717) is 10.9 Å². The smallest absolute Gasteiger partial charge is 0.227 e. The zero-order chi connectivity index (χ0) is 12.5. The molecule has 0 amide bonds. The molecule has 17 heavy (non-hydrogen) atoms. The van der Waals surface area contributed by atoms with Gasteiger partial charge in [0.2, 0.25) is 5.89 Å². The van der Waals surface area contributed by atoms with Gasteiger partial charge in [-0.2, -0.15) is 0 Å². The predicted molar refractivity (Wildman–Crippen MR) is 72.6 cm³/mol. The molecule has 0 N–H and O–H groups in total. The van der Waals surface area contributed by atoms with Gasteiger partial charge in [0, 0.05) is 9.64 Å². The number of halogens is 1. The fraction of sp³-hybridized carbons (Fsp3) is 0.308.